The summed E-state index contributed by atoms with van der Waals surface area (Å²) >= 11 is 0. The lowest BCUT2D eigenvalue weighted by Gasteiger charge is -2.37. The van der Waals surface area contributed by atoms with E-state index < -0.39 is 24.9 Å². The van der Waals surface area contributed by atoms with Crippen molar-refractivity contribution >= 4 is 5.91 Å². The molecule has 1 fully saturated rings. The molecule has 1 aliphatic rings. The molecule has 22 heavy (non-hydrogen) atoms. The Labute approximate surface area is 128 Å². The van der Waals surface area contributed by atoms with Gasteiger partial charge in [0.1, 0.15) is 0 Å². The number of aryl methyl sites for hydroxylation is 1. The number of piperazine rings is 1. The Hall–Kier alpha value is -1.56. The quantitative estimate of drug-likeness (QED) is 0.926. The molecule has 1 aromatic carbocycles. The van der Waals surface area contributed by atoms with Crippen molar-refractivity contribution < 1.29 is 18.0 Å². The number of hydrogen-bond acceptors (Lipinski definition) is 2. The Morgan fingerprint density at radius 1 is 1.32 bits per heavy atom. The highest BCUT2D eigenvalue weighted by Gasteiger charge is 2.32. The van der Waals surface area contributed by atoms with Gasteiger partial charge >= 0.3 is 6.18 Å². The first kappa shape index (κ1) is 16.8. The van der Waals surface area contributed by atoms with Gasteiger partial charge in [0.15, 0.2) is 0 Å². The van der Waals surface area contributed by atoms with Crippen LogP contribution < -0.4 is 5.32 Å². The smallest absolute Gasteiger partial charge is 0.333 e. The van der Waals surface area contributed by atoms with E-state index in [1.807, 2.05) is 24.3 Å². The van der Waals surface area contributed by atoms with Gasteiger partial charge in [-0.25, -0.2) is 0 Å². The maximum absolute atomic E-state index is 12.3. The first-order valence-corrected chi connectivity index (χ1v) is 7.56. The zero-order chi connectivity index (χ0) is 16.2. The van der Waals surface area contributed by atoms with Gasteiger partial charge in [-0.05, 0) is 17.5 Å². The molecule has 1 heterocycles. The van der Waals surface area contributed by atoms with Crippen LogP contribution in [-0.4, -0.2) is 36.6 Å². The van der Waals surface area contributed by atoms with Gasteiger partial charge in [-0.3, -0.25) is 4.79 Å². The second-order valence-electron chi connectivity index (χ2n) is 5.52. The van der Waals surface area contributed by atoms with E-state index >= 15 is 0 Å². The van der Waals surface area contributed by atoms with Crippen molar-refractivity contribution in [3.8, 4) is 0 Å². The monoisotopic (exact) mass is 314 g/mol. The SMILES string of the molecule is CCc1ccc(C2CNCCN2C(=O)CCC(F)(F)F)cc1. The lowest BCUT2D eigenvalue weighted by atomic mass is 10.0. The minimum absolute atomic E-state index is 0.194. The van der Waals surface area contributed by atoms with E-state index in [2.05, 4.69) is 12.2 Å². The minimum Gasteiger partial charge on any atom is -0.333 e. The molecule has 1 aromatic rings. The average Bonchev–Trinajstić information content (AvgIpc) is 2.52. The highest BCUT2D eigenvalue weighted by molar-refractivity contribution is 5.77. The summed E-state index contributed by atoms with van der Waals surface area (Å²) in [6.07, 6.45) is -4.90. The molecule has 0 aliphatic carbocycles. The van der Waals surface area contributed by atoms with Crippen molar-refractivity contribution in [2.45, 2.75) is 38.4 Å². The second-order valence-corrected chi connectivity index (χ2v) is 5.52. The molecule has 1 atom stereocenters. The Bertz CT molecular complexity index is 499. The van der Waals surface area contributed by atoms with E-state index in [1.165, 1.54) is 5.56 Å². The van der Waals surface area contributed by atoms with Crippen LogP contribution in [0.25, 0.3) is 0 Å². The Kier molecular flexibility index (Phi) is 5.45. The number of halogens is 3. The number of nitrogens with zero attached hydrogens (tertiary/aromatic N) is 1. The van der Waals surface area contributed by atoms with Crippen LogP contribution in [-0.2, 0) is 11.2 Å². The number of carbonyl (C=O) groups is 1. The lowest BCUT2D eigenvalue weighted by molar-refractivity contribution is -0.151. The molecule has 1 unspecified atom stereocenters. The van der Waals surface area contributed by atoms with Crippen molar-refractivity contribution in [2.24, 2.45) is 0 Å². The molecule has 0 spiro atoms. The number of amides is 1. The molecule has 122 valence electrons. The predicted octanol–water partition coefficient (Wildman–Crippen LogP) is 3.06. The van der Waals surface area contributed by atoms with Crippen LogP contribution in [0.3, 0.4) is 0 Å². The average molecular weight is 314 g/mol. The molecule has 1 saturated heterocycles. The summed E-state index contributed by atoms with van der Waals surface area (Å²) in [5.74, 6) is -0.427. The standard InChI is InChI=1S/C16H21F3N2O/c1-2-12-3-5-13(6-4-12)14-11-20-9-10-21(14)15(22)7-8-16(17,18)19/h3-6,14,20H,2,7-11H2,1H3. The molecule has 0 radical (unpaired) electrons. The molecule has 1 aliphatic heterocycles. The van der Waals surface area contributed by atoms with Gasteiger partial charge in [0, 0.05) is 26.1 Å². The van der Waals surface area contributed by atoms with Crippen molar-refractivity contribution in [1.29, 1.82) is 0 Å². The van der Waals surface area contributed by atoms with Gasteiger partial charge in [0.2, 0.25) is 5.91 Å². The van der Waals surface area contributed by atoms with Gasteiger partial charge in [-0.1, -0.05) is 31.2 Å². The van der Waals surface area contributed by atoms with Gasteiger partial charge in [-0.2, -0.15) is 13.2 Å². The van der Waals surface area contributed by atoms with Crippen molar-refractivity contribution in [3.05, 3.63) is 35.4 Å². The first-order chi connectivity index (χ1) is 10.4. The Morgan fingerprint density at radius 3 is 2.59 bits per heavy atom. The number of carbonyl (C=O) groups excluding carboxylic acids is 1. The van der Waals surface area contributed by atoms with Crippen LogP contribution in [0.1, 0.15) is 36.9 Å². The minimum atomic E-state index is -4.29. The molecule has 1 amide bonds. The lowest BCUT2D eigenvalue weighted by Crippen LogP contribution is -2.48. The Balaban J connectivity index is 2.08. The normalized spacial score (nSPS) is 19.3. The molecule has 0 saturated carbocycles. The molecule has 1 N–H and O–H groups in total. The highest BCUT2D eigenvalue weighted by atomic mass is 19.4. The van der Waals surface area contributed by atoms with Crippen LogP contribution in [0, 0.1) is 0 Å². The predicted molar refractivity (Wildman–Crippen MR) is 78.4 cm³/mol. The largest absolute Gasteiger partial charge is 0.389 e. The summed E-state index contributed by atoms with van der Waals surface area (Å²) in [5.41, 5.74) is 2.16. The zero-order valence-electron chi connectivity index (χ0n) is 12.6. The number of rotatable bonds is 4. The van der Waals surface area contributed by atoms with E-state index in [0.29, 0.717) is 19.6 Å². The summed E-state index contributed by atoms with van der Waals surface area (Å²) in [6.45, 7) is 3.69. The van der Waals surface area contributed by atoms with E-state index in [4.69, 9.17) is 0 Å². The first-order valence-electron chi connectivity index (χ1n) is 7.56. The summed E-state index contributed by atoms with van der Waals surface area (Å²) in [6, 6.07) is 7.73. The molecule has 3 nitrogen and oxygen atoms in total. The number of benzene rings is 1. The van der Waals surface area contributed by atoms with Gasteiger partial charge in [-0.15, -0.1) is 0 Å². The maximum atomic E-state index is 12.3. The molecular formula is C16H21F3N2O. The van der Waals surface area contributed by atoms with Crippen LogP contribution in [0.2, 0.25) is 0 Å². The van der Waals surface area contributed by atoms with E-state index in [0.717, 1.165) is 12.0 Å². The molecule has 0 aromatic heterocycles. The summed E-state index contributed by atoms with van der Waals surface area (Å²) in [5, 5.41) is 3.20. The zero-order valence-corrected chi connectivity index (χ0v) is 12.6. The van der Waals surface area contributed by atoms with Crippen LogP contribution in [0.5, 0.6) is 0 Å². The van der Waals surface area contributed by atoms with Crippen molar-refractivity contribution in [1.82, 2.24) is 10.2 Å². The summed E-state index contributed by atoms with van der Waals surface area (Å²) < 4.78 is 36.9. The third-order valence-electron chi connectivity index (χ3n) is 3.96. The van der Waals surface area contributed by atoms with E-state index in [-0.39, 0.29) is 6.04 Å². The van der Waals surface area contributed by atoms with Gasteiger partial charge in [0.05, 0.1) is 12.5 Å². The fourth-order valence-electron chi connectivity index (χ4n) is 2.67. The van der Waals surface area contributed by atoms with Crippen molar-refractivity contribution in [2.75, 3.05) is 19.6 Å². The third-order valence-corrected chi connectivity index (χ3v) is 3.96. The van der Waals surface area contributed by atoms with Gasteiger partial charge < -0.3 is 10.2 Å². The van der Waals surface area contributed by atoms with Crippen LogP contribution >= 0.6 is 0 Å². The Morgan fingerprint density at radius 2 is 2.00 bits per heavy atom. The maximum Gasteiger partial charge on any atom is 0.389 e. The number of nitrogens with one attached hydrogen (secondary N) is 1. The second kappa shape index (κ2) is 7.13. The van der Waals surface area contributed by atoms with E-state index in [9.17, 15) is 18.0 Å². The summed E-state index contributed by atoms with van der Waals surface area (Å²) in [4.78, 5) is 13.7. The van der Waals surface area contributed by atoms with Crippen LogP contribution in [0.15, 0.2) is 24.3 Å². The fourth-order valence-corrected chi connectivity index (χ4v) is 2.67. The summed E-state index contributed by atoms with van der Waals surface area (Å²) in [7, 11) is 0. The number of alkyl halides is 3. The van der Waals surface area contributed by atoms with E-state index in [1.54, 1.807) is 4.90 Å². The number of hydrogen-bond donors (Lipinski definition) is 1. The molecule has 6 heteroatoms. The third kappa shape index (κ3) is 4.47. The van der Waals surface area contributed by atoms with Gasteiger partial charge in [0.25, 0.3) is 0 Å². The topological polar surface area (TPSA) is 32.3 Å². The van der Waals surface area contributed by atoms with Crippen LogP contribution in [0.4, 0.5) is 13.2 Å². The highest BCUT2D eigenvalue weighted by Crippen LogP contribution is 2.26. The molecular weight excluding hydrogens is 293 g/mol. The fraction of sp³-hybridized carbons (Fsp3) is 0.562. The molecule has 2 rings (SSSR count). The molecule has 0 bridgehead atoms. The van der Waals surface area contributed by atoms with Crippen molar-refractivity contribution in [3.63, 3.8) is 0 Å².